The topological polar surface area (TPSA) is 29.1 Å². The number of halogens is 1. The first kappa shape index (κ1) is 13.8. The van der Waals surface area contributed by atoms with E-state index in [4.69, 9.17) is 11.6 Å². The van der Waals surface area contributed by atoms with Gasteiger partial charge in [-0.15, -0.1) is 11.6 Å². The van der Waals surface area contributed by atoms with Crippen molar-refractivity contribution in [1.82, 2.24) is 5.32 Å². The molecule has 2 nitrogen and oxygen atoms in total. The van der Waals surface area contributed by atoms with Gasteiger partial charge in [0.1, 0.15) is 0 Å². The van der Waals surface area contributed by atoms with Crippen LogP contribution in [0, 0.1) is 11.8 Å². The van der Waals surface area contributed by atoms with Crippen molar-refractivity contribution in [2.75, 3.05) is 12.4 Å². The molecule has 16 heavy (non-hydrogen) atoms. The van der Waals surface area contributed by atoms with Gasteiger partial charge in [0.25, 0.3) is 0 Å². The van der Waals surface area contributed by atoms with E-state index in [1.165, 1.54) is 32.1 Å². The minimum Gasteiger partial charge on any atom is -0.356 e. The standard InChI is InChI=1S/C13H24ClNO/c1-11(9-14)10-15-13(16)8-7-12-5-3-2-4-6-12/h11-12H,2-10H2,1H3,(H,15,16). The number of alkyl halides is 1. The molecule has 94 valence electrons. The van der Waals surface area contributed by atoms with E-state index in [-0.39, 0.29) is 5.91 Å². The maximum absolute atomic E-state index is 11.6. The molecule has 1 amide bonds. The molecule has 0 heterocycles. The Morgan fingerprint density at radius 1 is 1.38 bits per heavy atom. The van der Waals surface area contributed by atoms with E-state index >= 15 is 0 Å². The predicted molar refractivity (Wildman–Crippen MR) is 68.7 cm³/mol. The molecule has 3 heteroatoms. The summed E-state index contributed by atoms with van der Waals surface area (Å²) in [6.45, 7) is 2.77. The molecular weight excluding hydrogens is 222 g/mol. The van der Waals surface area contributed by atoms with Gasteiger partial charge in [0.15, 0.2) is 0 Å². The summed E-state index contributed by atoms with van der Waals surface area (Å²) in [5.41, 5.74) is 0. The Morgan fingerprint density at radius 3 is 2.69 bits per heavy atom. The fourth-order valence-electron chi connectivity index (χ4n) is 2.24. The van der Waals surface area contributed by atoms with E-state index in [9.17, 15) is 4.79 Å². The quantitative estimate of drug-likeness (QED) is 0.715. The molecule has 0 saturated heterocycles. The number of rotatable bonds is 6. The fraction of sp³-hybridized carbons (Fsp3) is 0.923. The number of hydrogen-bond donors (Lipinski definition) is 1. The van der Waals surface area contributed by atoms with Gasteiger partial charge in [0.05, 0.1) is 0 Å². The molecule has 1 unspecified atom stereocenters. The summed E-state index contributed by atoms with van der Waals surface area (Å²) in [7, 11) is 0. The predicted octanol–water partition coefficient (Wildman–Crippen LogP) is 3.34. The highest BCUT2D eigenvalue weighted by Crippen LogP contribution is 2.27. The maximum atomic E-state index is 11.6. The molecule has 1 fully saturated rings. The van der Waals surface area contributed by atoms with Gasteiger partial charge >= 0.3 is 0 Å². The lowest BCUT2D eigenvalue weighted by molar-refractivity contribution is -0.121. The Bertz CT molecular complexity index is 202. The molecule has 0 aliphatic heterocycles. The van der Waals surface area contributed by atoms with Gasteiger partial charge in [-0.1, -0.05) is 39.0 Å². The van der Waals surface area contributed by atoms with Gasteiger partial charge in [-0.25, -0.2) is 0 Å². The van der Waals surface area contributed by atoms with Crippen LogP contribution < -0.4 is 5.32 Å². The van der Waals surface area contributed by atoms with Gasteiger partial charge < -0.3 is 5.32 Å². The monoisotopic (exact) mass is 245 g/mol. The fourth-order valence-corrected chi connectivity index (χ4v) is 2.35. The average molecular weight is 246 g/mol. The molecule has 1 saturated carbocycles. The smallest absolute Gasteiger partial charge is 0.220 e. The van der Waals surface area contributed by atoms with E-state index in [1.54, 1.807) is 0 Å². The molecule has 0 radical (unpaired) electrons. The van der Waals surface area contributed by atoms with Crippen molar-refractivity contribution in [3.63, 3.8) is 0 Å². The van der Waals surface area contributed by atoms with Crippen LogP contribution in [0.25, 0.3) is 0 Å². The first-order valence-electron chi connectivity index (χ1n) is 6.55. The minimum absolute atomic E-state index is 0.197. The highest BCUT2D eigenvalue weighted by Gasteiger charge is 2.14. The summed E-state index contributed by atoms with van der Waals surface area (Å²) < 4.78 is 0. The first-order valence-corrected chi connectivity index (χ1v) is 7.08. The zero-order valence-corrected chi connectivity index (χ0v) is 11.1. The minimum atomic E-state index is 0.197. The van der Waals surface area contributed by atoms with Gasteiger partial charge in [-0.3, -0.25) is 4.79 Å². The molecule has 1 aliphatic carbocycles. The molecule has 0 bridgehead atoms. The van der Waals surface area contributed by atoms with Crippen LogP contribution in [-0.2, 0) is 4.79 Å². The number of amides is 1. The van der Waals surface area contributed by atoms with E-state index < -0.39 is 0 Å². The van der Waals surface area contributed by atoms with Crippen LogP contribution in [0.15, 0.2) is 0 Å². The third-order valence-corrected chi connectivity index (χ3v) is 3.94. The lowest BCUT2D eigenvalue weighted by Crippen LogP contribution is -2.29. The maximum Gasteiger partial charge on any atom is 0.220 e. The zero-order chi connectivity index (χ0) is 11.8. The third kappa shape index (κ3) is 5.74. The Balaban J connectivity index is 2.05. The molecule has 0 aromatic heterocycles. The Labute approximate surface area is 104 Å². The van der Waals surface area contributed by atoms with Crippen molar-refractivity contribution < 1.29 is 4.79 Å². The first-order chi connectivity index (χ1) is 7.72. The molecule has 1 rings (SSSR count). The lowest BCUT2D eigenvalue weighted by Gasteiger charge is -2.21. The Kier molecular flexibility index (Phi) is 6.86. The molecule has 0 aromatic carbocycles. The summed E-state index contributed by atoms with van der Waals surface area (Å²) in [5, 5.41) is 2.95. The highest BCUT2D eigenvalue weighted by atomic mass is 35.5. The second-order valence-corrected chi connectivity index (χ2v) is 5.41. The zero-order valence-electron chi connectivity index (χ0n) is 10.3. The van der Waals surface area contributed by atoms with Crippen LogP contribution in [0.3, 0.4) is 0 Å². The summed E-state index contributed by atoms with van der Waals surface area (Å²) >= 11 is 5.68. The van der Waals surface area contributed by atoms with Crippen molar-refractivity contribution >= 4 is 17.5 Å². The van der Waals surface area contributed by atoms with Gasteiger partial charge in [-0.2, -0.15) is 0 Å². The third-order valence-electron chi connectivity index (χ3n) is 3.42. The summed E-state index contributed by atoms with van der Waals surface area (Å²) in [6.07, 6.45) is 8.51. The van der Waals surface area contributed by atoms with E-state index in [2.05, 4.69) is 12.2 Å². The summed E-state index contributed by atoms with van der Waals surface area (Å²) in [6, 6.07) is 0. The van der Waals surface area contributed by atoms with Crippen LogP contribution in [0.1, 0.15) is 51.9 Å². The van der Waals surface area contributed by atoms with Crippen LogP contribution in [0.2, 0.25) is 0 Å². The van der Waals surface area contributed by atoms with Crippen LogP contribution in [-0.4, -0.2) is 18.3 Å². The van der Waals surface area contributed by atoms with Crippen molar-refractivity contribution in [1.29, 1.82) is 0 Å². The summed E-state index contributed by atoms with van der Waals surface area (Å²) in [4.78, 5) is 11.6. The molecule has 0 spiro atoms. The van der Waals surface area contributed by atoms with Crippen molar-refractivity contribution in [2.45, 2.75) is 51.9 Å². The largest absolute Gasteiger partial charge is 0.356 e. The van der Waals surface area contributed by atoms with E-state index in [0.29, 0.717) is 24.8 Å². The van der Waals surface area contributed by atoms with Crippen molar-refractivity contribution in [3.05, 3.63) is 0 Å². The van der Waals surface area contributed by atoms with Crippen LogP contribution in [0.4, 0.5) is 0 Å². The Morgan fingerprint density at radius 2 is 2.06 bits per heavy atom. The second kappa shape index (κ2) is 7.94. The van der Waals surface area contributed by atoms with Gasteiger partial charge in [0.2, 0.25) is 5.91 Å². The highest BCUT2D eigenvalue weighted by molar-refractivity contribution is 6.18. The Hall–Kier alpha value is -0.240. The number of hydrogen-bond acceptors (Lipinski definition) is 1. The normalized spacial score (nSPS) is 19.4. The molecule has 1 N–H and O–H groups in total. The van der Waals surface area contributed by atoms with Gasteiger partial charge in [-0.05, 0) is 18.3 Å². The van der Waals surface area contributed by atoms with Crippen LogP contribution >= 0.6 is 11.6 Å². The summed E-state index contributed by atoms with van der Waals surface area (Å²) in [5.74, 6) is 1.98. The average Bonchev–Trinajstić information content (AvgIpc) is 2.34. The van der Waals surface area contributed by atoms with Crippen molar-refractivity contribution in [3.8, 4) is 0 Å². The SMILES string of the molecule is CC(CCl)CNC(=O)CCC1CCCCC1. The van der Waals surface area contributed by atoms with E-state index in [0.717, 1.165) is 12.3 Å². The molecule has 1 aliphatic rings. The van der Waals surface area contributed by atoms with Crippen LogP contribution in [0.5, 0.6) is 0 Å². The molecule has 1 atom stereocenters. The number of carbonyl (C=O) groups is 1. The lowest BCUT2D eigenvalue weighted by atomic mass is 9.86. The van der Waals surface area contributed by atoms with E-state index in [1.807, 2.05) is 0 Å². The van der Waals surface area contributed by atoms with Gasteiger partial charge in [0, 0.05) is 18.8 Å². The number of carbonyl (C=O) groups excluding carboxylic acids is 1. The number of nitrogens with one attached hydrogen (secondary N) is 1. The second-order valence-electron chi connectivity index (χ2n) is 5.11. The molecular formula is C13H24ClNO. The molecule has 0 aromatic rings. The van der Waals surface area contributed by atoms with Crippen molar-refractivity contribution in [2.24, 2.45) is 11.8 Å².